The highest BCUT2D eigenvalue weighted by Crippen LogP contribution is 2.33. The van der Waals surface area contributed by atoms with Gasteiger partial charge >= 0.3 is 0 Å². The maximum atomic E-state index is 12.9. The number of hydrogen-bond donors (Lipinski definition) is 1. The second kappa shape index (κ2) is 8.91. The summed E-state index contributed by atoms with van der Waals surface area (Å²) >= 11 is 12.0. The highest BCUT2D eigenvalue weighted by atomic mass is 35.5. The second-order valence-electron chi connectivity index (χ2n) is 6.97. The Balaban J connectivity index is 1.80. The topological polar surface area (TPSA) is 84.9 Å². The fraction of sp³-hybridized carbons (Fsp3) is 0.350. The van der Waals surface area contributed by atoms with Gasteiger partial charge in [0.2, 0.25) is 15.9 Å². The van der Waals surface area contributed by atoms with Gasteiger partial charge in [-0.05, 0) is 49.7 Å². The first-order chi connectivity index (χ1) is 14.1. The molecule has 2 aromatic carbocycles. The van der Waals surface area contributed by atoms with Gasteiger partial charge in [0, 0.05) is 0 Å². The van der Waals surface area contributed by atoms with Crippen molar-refractivity contribution in [2.24, 2.45) is 0 Å². The van der Waals surface area contributed by atoms with Gasteiger partial charge in [0.05, 0.1) is 28.0 Å². The number of nitrogens with one attached hydrogen (secondary N) is 1. The summed E-state index contributed by atoms with van der Waals surface area (Å²) in [6.07, 6.45) is 1.03. The number of hydrogen-bond acceptors (Lipinski definition) is 5. The molecule has 0 unspecified atom stereocenters. The van der Waals surface area contributed by atoms with Crippen molar-refractivity contribution in [2.45, 2.75) is 25.9 Å². The molecule has 1 amide bonds. The highest BCUT2D eigenvalue weighted by molar-refractivity contribution is 7.92. The van der Waals surface area contributed by atoms with Crippen molar-refractivity contribution in [1.82, 2.24) is 5.32 Å². The van der Waals surface area contributed by atoms with Crippen molar-refractivity contribution < 1.29 is 22.7 Å². The number of halogens is 2. The number of anilines is 1. The van der Waals surface area contributed by atoms with Crippen LogP contribution in [0.25, 0.3) is 0 Å². The van der Waals surface area contributed by atoms with Crippen molar-refractivity contribution in [2.75, 3.05) is 23.8 Å². The Hall–Kier alpha value is -2.16. The van der Waals surface area contributed by atoms with Crippen LogP contribution in [-0.4, -0.2) is 39.8 Å². The molecule has 1 aliphatic rings. The Morgan fingerprint density at radius 3 is 2.33 bits per heavy atom. The fourth-order valence-electron chi connectivity index (χ4n) is 3.18. The molecular weight excluding hydrogens is 451 g/mol. The molecule has 3 rings (SSSR count). The molecule has 0 saturated carbocycles. The largest absolute Gasteiger partial charge is 0.486 e. The third-order valence-corrected chi connectivity index (χ3v) is 6.65. The first-order valence-electron chi connectivity index (χ1n) is 9.22. The van der Waals surface area contributed by atoms with Crippen LogP contribution in [0, 0.1) is 0 Å². The zero-order chi connectivity index (χ0) is 22.1. The van der Waals surface area contributed by atoms with Crippen LogP contribution in [0.3, 0.4) is 0 Å². The maximum Gasteiger partial charge on any atom is 0.244 e. The summed E-state index contributed by atoms with van der Waals surface area (Å²) in [6, 6.07) is 8.42. The van der Waals surface area contributed by atoms with Gasteiger partial charge < -0.3 is 14.8 Å². The number of carbonyl (C=O) groups is 1. The standard InChI is InChI=1S/C20H22Cl2N2O5S/c1-12(14-4-7-18-19(10-14)29-9-8-28-18)23-20(25)13(2)24(30(3,26)27)15-5-6-16(21)17(22)11-15/h4-7,10-13H,8-9H2,1-3H3,(H,23,25)/t12-,13-/m1/s1. The summed E-state index contributed by atoms with van der Waals surface area (Å²) in [4.78, 5) is 12.9. The van der Waals surface area contributed by atoms with Crippen LogP contribution in [0.15, 0.2) is 36.4 Å². The van der Waals surface area contributed by atoms with Gasteiger partial charge in [0.25, 0.3) is 0 Å². The van der Waals surface area contributed by atoms with Crippen LogP contribution in [0.1, 0.15) is 25.5 Å². The third kappa shape index (κ3) is 4.94. The van der Waals surface area contributed by atoms with Gasteiger partial charge in [-0.1, -0.05) is 29.3 Å². The quantitative estimate of drug-likeness (QED) is 0.690. The van der Waals surface area contributed by atoms with E-state index in [4.69, 9.17) is 32.7 Å². The molecule has 1 heterocycles. The predicted molar refractivity (Wildman–Crippen MR) is 117 cm³/mol. The minimum Gasteiger partial charge on any atom is -0.486 e. The van der Waals surface area contributed by atoms with E-state index in [9.17, 15) is 13.2 Å². The zero-order valence-corrected chi connectivity index (χ0v) is 19.0. The normalized spacial score (nSPS) is 15.2. The number of benzene rings is 2. The molecule has 10 heteroatoms. The molecule has 0 radical (unpaired) electrons. The van der Waals surface area contributed by atoms with E-state index < -0.39 is 22.0 Å². The van der Waals surface area contributed by atoms with Crippen molar-refractivity contribution in [1.29, 1.82) is 0 Å². The average molecular weight is 473 g/mol. The molecule has 2 atom stereocenters. The maximum absolute atomic E-state index is 12.9. The van der Waals surface area contributed by atoms with E-state index in [-0.39, 0.29) is 16.8 Å². The van der Waals surface area contributed by atoms with Crippen LogP contribution in [0.4, 0.5) is 5.69 Å². The monoisotopic (exact) mass is 472 g/mol. The molecule has 0 saturated heterocycles. The molecule has 2 aromatic rings. The smallest absolute Gasteiger partial charge is 0.244 e. The van der Waals surface area contributed by atoms with Gasteiger partial charge in [0.1, 0.15) is 19.3 Å². The first-order valence-corrected chi connectivity index (χ1v) is 11.8. The lowest BCUT2D eigenvalue weighted by Gasteiger charge is -2.29. The number of nitrogens with zero attached hydrogens (tertiary/aromatic N) is 1. The first kappa shape index (κ1) is 22.5. The molecule has 0 fully saturated rings. The Kier molecular flexibility index (Phi) is 6.69. The Morgan fingerprint density at radius 2 is 1.70 bits per heavy atom. The predicted octanol–water partition coefficient (Wildman–Crippen LogP) is 3.80. The molecule has 1 aliphatic heterocycles. The van der Waals surface area contributed by atoms with Gasteiger partial charge in [-0.15, -0.1) is 0 Å². The molecule has 162 valence electrons. The summed E-state index contributed by atoms with van der Waals surface area (Å²) < 4.78 is 37.0. The molecule has 7 nitrogen and oxygen atoms in total. The summed E-state index contributed by atoms with van der Waals surface area (Å²) in [6.45, 7) is 4.27. The third-order valence-electron chi connectivity index (χ3n) is 4.67. The average Bonchev–Trinajstić information content (AvgIpc) is 2.69. The lowest BCUT2D eigenvalue weighted by Crippen LogP contribution is -2.48. The number of ether oxygens (including phenoxy) is 2. The van der Waals surface area contributed by atoms with Crippen LogP contribution < -0.4 is 19.1 Å². The molecule has 0 aromatic heterocycles. The molecular formula is C20H22Cl2N2O5S. The number of fused-ring (bicyclic) bond motifs is 1. The number of rotatable bonds is 6. The van der Waals surface area contributed by atoms with E-state index in [1.54, 1.807) is 19.1 Å². The Morgan fingerprint density at radius 1 is 1.03 bits per heavy atom. The minimum absolute atomic E-state index is 0.195. The SMILES string of the molecule is C[C@H](C(=O)N[C@H](C)c1ccc2c(c1)OCCO2)N(c1ccc(Cl)c(Cl)c1)S(C)(=O)=O. The lowest BCUT2D eigenvalue weighted by molar-refractivity contribution is -0.122. The van der Waals surface area contributed by atoms with Crippen LogP contribution >= 0.6 is 23.2 Å². The second-order valence-corrected chi connectivity index (χ2v) is 9.64. The number of carbonyl (C=O) groups excluding carboxylic acids is 1. The molecule has 1 N–H and O–H groups in total. The van der Waals surface area contributed by atoms with Gasteiger partial charge in [-0.2, -0.15) is 0 Å². The van der Waals surface area contributed by atoms with Crippen molar-refractivity contribution in [3.05, 3.63) is 52.0 Å². The molecule has 0 bridgehead atoms. The minimum atomic E-state index is -3.77. The van der Waals surface area contributed by atoms with Crippen molar-refractivity contribution in [3.63, 3.8) is 0 Å². The molecule has 30 heavy (non-hydrogen) atoms. The van der Waals surface area contributed by atoms with Gasteiger partial charge in [0.15, 0.2) is 11.5 Å². The van der Waals surface area contributed by atoms with E-state index in [0.717, 1.165) is 16.1 Å². The van der Waals surface area contributed by atoms with Crippen LogP contribution in [0.2, 0.25) is 10.0 Å². The molecule has 0 aliphatic carbocycles. The summed E-state index contributed by atoms with van der Waals surface area (Å²) in [7, 11) is -3.77. The summed E-state index contributed by atoms with van der Waals surface area (Å²) in [5.41, 5.74) is 1.06. The highest BCUT2D eigenvalue weighted by Gasteiger charge is 2.30. The van der Waals surface area contributed by atoms with Gasteiger partial charge in [-0.25, -0.2) is 8.42 Å². The van der Waals surface area contributed by atoms with E-state index >= 15 is 0 Å². The summed E-state index contributed by atoms with van der Waals surface area (Å²) in [5.74, 6) is 0.801. The van der Waals surface area contributed by atoms with E-state index in [1.165, 1.54) is 25.1 Å². The Bertz CT molecular complexity index is 1060. The van der Waals surface area contributed by atoms with E-state index in [0.29, 0.717) is 29.7 Å². The Labute approximate surface area is 185 Å². The van der Waals surface area contributed by atoms with Gasteiger partial charge in [-0.3, -0.25) is 9.10 Å². The van der Waals surface area contributed by atoms with Crippen molar-refractivity contribution >= 4 is 44.8 Å². The van der Waals surface area contributed by atoms with Crippen molar-refractivity contribution in [3.8, 4) is 11.5 Å². The van der Waals surface area contributed by atoms with Crippen LogP contribution in [-0.2, 0) is 14.8 Å². The zero-order valence-electron chi connectivity index (χ0n) is 16.7. The van der Waals surface area contributed by atoms with Crippen LogP contribution in [0.5, 0.6) is 11.5 Å². The molecule has 0 spiro atoms. The summed E-state index contributed by atoms with van der Waals surface area (Å²) in [5, 5.41) is 3.34. The number of sulfonamides is 1. The fourth-order valence-corrected chi connectivity index (χ4v) is 4.64. The lowest BCUT2D eigenvalue weighted by atomic mass is 10.1. The van der Waals surface area contributed by atoms with E-state index in [2.05, 4.69) is 5.32 Å². The number of amides is 1. The van der Waals surface area contributed by atoms with E-state index in [1.807, 2.05) is 6.07 Å².